The Balaban J connectivity index is 1.49. The van der Waals surface area contributed by atoms with Gasteiger partial charge in [0.25, 0.3) is 0 Å². The first-order valence-corrected chi connectivity index (χ1v) is 8.38. The number of aryl methyl sites for hydroxylation is 2. The van der Waals surface area contributed by atoms with Crippen LogP contribution in [-0.4, -0.2) is 50.2 Å². The Morgan fingerprint density at radius 1 is 1.32 bits per heavy atom. The fourth-order valence-corrected chi connectivity index (χ4v) is 3.36. The Kier molecular flexibility index (Phi) is 5.11. The summed E-state index contributed by atoms with van der Waals surface area (Å²) in [4.78, 5) is 14.4. The van der Waals surface area contributed by atoms with Crippen molar-refractivity contribution < 1.29 is 9.53 Å². The van der Waals surface area contributed by atoms with Crippen molar-refractivity contribution in [1.29, 1.82) is 0 Å². The number of amides is 1. The first-order chi connectivity index (χ1) is 10.7. The zero-order valence-electron chi connectivity index (χ0n) is 13.4. The molecule has 1 saturated heterocycles. The van der Waals surface area contributed by atoms with Crippen LogP contribution in [-0.2, 0) is 28.8 Å². The van der Waals surface area contributed by atoms with E-state index in [2.05, 4.69) is 35.5 Å². The van der Waals surface area contributed by atoms with E-state index in [0.717, 1.165) is 31.7 Å². The maximum atomic E-state index is 12.1. The second kappa shape index (κ2) is 7.25. The molecule has 1 fully saturated rings. The molecule has 3 rings (SSSR count). The number of benzene rings is 1. The Morgan fingerprint density at radius 3 is 2.95 bits per heavy atom. The number of fused-ring (bicyclic) bond motifs is 1. The van der Waals surface area contributed by atoms with E-state index < -0.39 is 0 Å². The molecule has 22 heavy (non-hydrogen) atoms. The van der Waals surface area contributed by atoms with Crippen LogP contribution >= 0.6 is 0 Å². The molecule has 0 unspecified atom stereocenters. The minimum atomic E-state index is 0.0904. The molecule has 1 aliphatic heterocycles. The van der Waals surface area contributed by atoms with Crippen LogP contribution in [0.15, 0.2) is 18.2 Å². The standard InChI is InChI=1S/C18H26N2O2/c1-20-8-9-22-17(13-20)12-19-18(21)11-14-6-7-15-4-2-3-5-16(15)10-14/h6-7,10,17H,2-5,8-9,11-13H2,1H3,(H,19,21)/t17-/m0/s1. The van der Waals surface area contributed by atoms with E-state index in [0.29, 0.717) is 13.0 Å². The number of carbonyl (C=O) groups excluding carboxylic acids is 1. The molecule has 2 aliphatic rings. The summed E-state index contributed by atoms with van der Waals surface area (Å²) in [5.74, 6) is 0.0904. The molecule has 0 radical (unpaired) electrons. The number of nitrogens with one attached hydrogen (secondary N) is 1. The Labute approximate surface area is 132 Å². The van der Waals surface area contributed by atoms with Crippen LogP contribution in [0, 0.1) is 0 Å². The molecule has 0 bridgehead atoms. The predicted octanol–water partition coefficient (Wildman–Crippen LogP) is 1.55. The summed E-state index contributed by atoms with van der Waals surface area (Å²) in [5, 5.41) is 3.01. The lowest BCUT2D eigenvalue weighted by Gasteiger charge is -2.30. The predicted molar refractivity (Wildman–Crippen MR) is 87.0 cm³/mol. The monoisotopic (exact) mass is 302 g/mol. The van der Waals surface area contributed by atoms with Gasteiger partial charge in [0.1, 0.15) is 0 Å². The minimum Gasteiger partial charge on any atom is -0.374 e. The van der Waals surface area contributed by atoms with Crippen LogP contribution < -0.4 is 5.32 Å². The van der Waals surface area contributed by atoms with Gasteiger partial charge in [-0.1, -0.05) is 18.2 Å². The average Bonchev–Trinajstić information content (AvgIpc) is 2.53. The molecule has 1 aromatic rings. The third-order valence-corrected chi connectivity index (χ3v) is 4.65. The van der Waals surface area contributed by atoms with Crippen molar-refractivity contribution in [3.63, 3.8) is 0 Å². The quantitative estimate of drug-likeness (QED) is 0.917. The summed E-state index contributed by atoms with van der Waals surface area (Å²) >= 11 is 0. The van der Waals surface area contributed by atoms with Gasteiger partial charge in [-0.3, -0.25) is 4.79 Å². The Morgan fingerprint density at radius 2 is 2.14 bits per heavy atom. The van der Waals surface area contributed by atoms with Gasteiger partial charge in [-0.2, -0.15) is 0 Å². The van der Waals surface area contributed by atoms with Gasteiger partial charge in [-0.25, -0.2) is 0 Å². The molecule has 1 N–H and O–H groups in total. The minimum absolute atomic E-state index is 0.0904. The summed E-state index contributed by atoms with van der Waals surface area (Å²) in [6.07, 6.45) is 5.50. The van der Waals surface area contributed by atoms with Gasteiger partial charge >= 0.3 is 0 Å². The third-order valence-electron chi connectivity index (χ3n) is 4.65. The maximum Gasteiger partial charge on any atom is 0.224 e. The smallest absolute Gasteiger partial charge is 0.224 e. The van der Waals surface area contributed by atoms with Crippen molar-refractivity contribution in [2.24, 2.45) is 0 Å². The SMILES string of the molecule is CN1CCO[C@@H](CNC(=O)Cc2ccc3c(c2)CCCC3)C1. The number of nitrogens with zero attached hydrogens (tertiary/aromatic N) is 1. The zero-order valence-corrected chi connectivity index (χ0v) is 13.4. The van der Waals surface area contributed by atoms with Gasteiger partial charge < -0.3 is 15.0 Å². The van der Waals surface area contributed by atoms with Gasteiger partial charge in [0, 0.05) is 19.6 Å². The first kappa shape index (κ1) is 15.5. The molecular formula is C18H26N2O2. The van der Waals surface area contributed by atoms with E-state index in [1.54, 1.807) is 0 Å². The number of morpholine rings is 1. The molecule has 0 spiro atoms. The van der Waals surface area contributed by atoms with Crippen molar-refractivity contribution in [2.75, 3.05) is 33.3 Å². The summed E-state index contributed by atoms with van der Waals surface area (Å²) in [6.45, 7) is 3.22. The molecule has 4 nitrogen and oxygen atoms in total. The molecule has 1 amide bonds. The van der Waals surface area contributed by atoms with E-state index in [-0.39, 0.29) is 12.0 Å². The van der Waals surface area contributed by atoms with Gasteiger partial charge in [0.2, 0.25) is 5.91 Å². The second-order valence-electron chi connectivity index (χ2n) is 6.55. The second-order valence-corrected chi connectivity index (χ2v) is 6.55. The van der Waals surface area contributed by atoms with Crippen LogP contribution in [0.4, 0.5) is 0 Å². The Hall–Kier alpha value is -1.39. The number of likely N-dealkylation sites (N-methyl/N-ethyl adjacent to an activating group) is 1. The van der Waals surface area contributed by atoms with Crippen LogP contribution in [0.5, 0.6) is 0 Å². The molecule has 4 heteroatoms. The van der Waals surface area contributed by atoms with Gasteiger partial charge in [0.05, 0.1) is 19.1 Å². The Bertz CT molecular complexity index is 530. The number of carbonyl (C=O) groups is 1. The van der Waals surface area contributed by atoms with Crippen molar-refractivity contribution >= 4 is 5.91 Å². The summed E-state index contributed by atoms with van der Waals surface area (Å²) in [6, 6.07) is 6.53. The van der Waals surface area contributed by atoms with E-state index in [9.17, 15) is 4.79 Å². The lowest BCUT2D eigenvalue weighted by molar-refractivity contribution is -0.121. The highest BCUT2D eigenvalue weighted by molar-refractivity contribution is 5.78. The lowest BCUT2D eigenvalue weighted by Crippen LogP contribution is -2.46. The zero-order chi connectivity index (χ0) is 15.4. The highest BCUT2D eigenvalue weighted by Crippen LogP contribution is 2.22. The van der Waals surface area contributed by atoms with Crippen LogP contribution in [0.1, 0.15) is 29.5 Å². The normalized spacial score (nSPS) is 22.1. The number of hydrogen-bond donors (Lipinski definition) is 1. The van der Waals surface area contributed by atoms with Crippen LogP contribution in [0.25, 0.3) is 0 Å². The maximum absolute atomic E-state index is 12.1. The number of rotatable bonds is 4. The largest absolute Gasteiger partial charge is 0.374 e. The van der Waals surface area contributed by atoms with Gasteiger partial charge in [-0.15, -0.1) is 0 Å². The number of ether oxygens (including phenoxy) is 1. The van der Waals surface area contributed by atoms with Crippen LogP contribution in [0.3, 0.4) is 0 Å². The molecule has 0 saturated carbocycles. The highest BCUT2D eigenvalue weighted by Gasteiger charge is 2.18. The van der Waals surface area contributed by atoms with Crippen molar-refractivity contribution in [3.05, 3.63) is 34.9 Å². The molecule has 1 heterocycles. The van der Waals surface area contributed by atoms with E-state index in [1.165, 1.54) is 30.4 Å². The van der Waals surface area contributed by atoms with Crippen LogP contribution in [0.2, 0.25) is 0 Å². The fourth-order valence-electron chi connectivity index (χ4n) is 3.36. The summed E-state index contributed by atoms with van der Waals surface area (Å²) in [5.41, 5.74) is 4.03. The molecule has 0 aromatic heterocycles. The van der Waals surface area contributed by atoms with E-state index in [4.69, 9.17) is 4.74 Å². The van der Waals surface area contributed by atoms with Crippen molar-refractivity contribution in [1.82, 2.24) is 10.2 Å². The molecule has 120 valence electrons. The molecular weight excluding hydrogens is 276 g/mol. The topological polar surface area (TPSA) is 41.6 Å². The average molecular weight is 302 g/mol. The van der Waals surface area contributed by atoms with Gasteiger partial charge in [-0.05, 0) is 49.4 Å². The molecule has 1 aliphatic carbocycles. The fraction of sp³-hybridized carbons (Fsp3) is 0.611. The first-order valence-electron chi connectivity index (χ1n) is 8.38. The molecule has 1 atom stereocenters. The lowest BCUT2D eigenvalue weighted by atomic mass is 9.90. The summed E-state index contributed by atoms with van der Waals surface area (Å²) in [7, 11) is 2.09. The number of hydrogen-bond acceptors (Lipinski definition) is 3. The van der Waals surface area contributed by atoms with Gasteiger partial charge in [0.15, 0.2) is 0 Å². The van der Waals surface area contributed by atoms with E-state index in [1.807, 2.05) is 0 Å². The van der Waals surface area contributed by atoms with Crippen molar-refractivity contribution in [2.45, 2.75) is 38.2 Å². The molecule has 1 aromatic carbocycles. The summed E-state index contributed by atoms with van der Waals surface area (Å²) < 4.78 is 5.67. The third kappa shape index (κ3) is 4.08. The highest BCUT2D eigenvalue weighted by atomic mass is 16.5. The van der Waals surface area contributed by atoms with E-state index >= 15 is 0 Å². The van der Waals surface area contributed by atoms with Crippen molar-refractivity contribution in [3.8, 4) is 0 Å².